The first-order chi connectivity index (χ1) is 12.5. The number of ketones is 2. The third-order valence-corrected chi connectivity index (χ3v) is 6.92. The number of benzene rings is 2. The van der Waals surface area contributed by atoms with Gasteiger partial charge in [-0.25, -0.2) is 0 Å². The van der Waals surface area contributed by atoms with E-state index in [0.717, 1.165) is 19.3 Å². The van der Waals surface area contributed by atoms with Crippen molar-refractivity contribution in [1.82, 2.24) is 0 Å². The molecule has 2 bridgehead atoms. The zero-order valence-electron chi connectivity index (χ0n) is 14.5. The second kappa shape index (κ2) is 5.43. The van der Waals surface area contributed by atoms with Gasteiger partial charge in [0, 0.05) is 23.0 Å². The first kappa shape index (κ1) is 16.1. The molecule has 2 fully saturated rings. The van der Waals surface area contributed by atoms with Gasteiger partial charge in [0.1, 0.15) is 11.5 Å². The molecule has 3 aliphatic carbocycles. The molecule has 4 atom stereocenters. The van der Waals surface area contributed by atoms with Gasteiger partial charge in [0.25, 0.3) is 0 Å². The van der Waals surface area contributed by atoms with Crippen LogP contribution in [0.15, 0.2) is 42.5 Å². The van der Waals surface area contributed by atoms with Gasteiger partial charge in [-0.15, -0.1) is 0 Å². The van der Waals surface area contributed by atoms with E-state index in [4.69, 9.17) is 16.3 Å². The molecule has 4 heteroatoms. The summed E-state index contributed by atoms with van der Waals surface area (Å²) in [6.45, 7) is 2.18. The molecule has 0 N–H and O–H groups in total. The Kier molecular flexibility index (Phi) is 3.36. The number of ether oxygens (including phenoxy) is 1. The standard InChI is InChI=1S/C22H19ClO3/c1-22-9-8-12(11-22)18-19(22)21(25)14-7-6-13(10-15(14)20(18)24)26-17-5-3-2-4-16(17)23/h2-7,10,12,18-19H,8-9,11H2,1H3. The highest BCUT2D eigenvalue weighted by Crippen LogP contribution is 2.63. The molecule has 0 aromatic heterocycles. The molecule has 2 aromatic rings. The predicted octanol–water partition coefficient (Wildman–Crippen LogP) is 5.56. The van der Waals surface area contributed by atoms with Crippen molar-refractivity contribution in [1.29, 1.82) is 0 Å². The van der Waals surface area contributed by atoms with Crippen molar-refractivity contribution in [3.63, 3.8) is 0 Å². The number of para-hydroxylation sites is 1. The van der Waals surface area contributed by atoms with E-state index in [1.54, 1.807) is 30.3 Å². The average Bonchev–Trinajstić information content (AvgIpc) is 3.15. The molecule has 5 rings (SSSR count). The maximum absolute atomic E-state index is 13.2. The highest BCUT2D eigenvalue weighted by molar-refractivity contribution is 6.32. The molecule has 2 aromatic carbocycles. The highest BCUT2D eigenvalue weighted by Gasteiger charge is 2.62. The van der Waals surface area contributed by atoms with E-state index < -0.39 is 0 Å². The van der Waals surface area contributed by atoms with Crippen molar-refractivity contribution < 1.29 is 14.3 Å². The van der Waals surface area contributed by atoms with Gasteiger partial charge in [0.2, 0.25) is 0 Å². The molecule has 0 aliphatic heterocycles. The summed E-state index contributed by atoms with van der Waals surface area (Å²) in [6, 6.07) is 12.4. The van der Waals surface area contributed by atoms with Gasteiger partial charge in [-0.3, -0.25) is 9.59 Å². The van der Waals surface area contributed by atoms with E-state index >= 15 is 0 Å². The lowest BCUT2D eigenvalue weighted by atomic mass is 9.63. The maximum atomic E-state index is 13.2. The van der Waals surface area contributed by atoms with Gasteiger partial charge in [0.15, 0.2) is 11.6 Å². The minimum absolute atomic E-state index is 0.00744. The Morgan fingerprint density at radius 3 is 2.69 bits per heavy atom. The second-order valence-electron chi connectivity index (χ2n) is 8.13. The number of hydrogen-bond acceptors (Lipinski definition) is 3. The van der Waals surface area contributed by atoms with Crippen LogP contribution in [0, 0.1) is 23.2 Å². The van der Waals surface area contributed by atoms with E-state index in [9.17, 15) is 9.59 Å². The minimum atomic E-state index is -0.149. The Morgan fingerprint density at radius 1 is 1.08 bits per heavy atom. The predicted molar refractivity (Wildman–Crippen MR) is 99.1 cm³/mol. The van der Waals surface area contributed by atoms with E-state index in [1.165, 1.54) is 0 Å². The van der Waals surface area contributed by atoms with E-state index in [-0.39, 0.29) is 28.8 Å². The first-order valence-corrected chi connectivity index (χ1v) is 9.51. The third-order valence-electron chi connectivity index (χ3n) is 6.60. The monoisotopic (exact) mass is 366 g/mol. The van der Waals surface area contributed by atoms with Gasteiger partial charge >= 0.3 is 0 Å². The fraction of sp³-hybridized carbons (Fsp3) is 0.364. The second-order valence-corrected chi connectivity index (χ2v) is 8.54. The Balaban J connectivity index is 1.55. The number of carbonyl (C=O) groups excluding carboxylic acids is 2. The lowest BCUT2D eigenvalue weighted by Gasteiger charge is -2.38. The summed E-state index contributed by atoms with van der Waals surface area (Å²) in [4.78, 5) is 26.4. The van der Waals surface area contributed by atoms with E-state index in [0.29, 0.717) is 33.6 Å². The van der Waals surface area contributed by atoms with Crippen molar-refractivity contribution in [2.24, 2.45) is 23.2 Å². The van der Waals surface area contributed by atoms with Crippen LogP contribution in [-0.4, -0.2) is 11.6 Å². The van der Waals surface area contributed by atoms with Crippen molar-refractivity contribution >= 4 is 23.2 Å². The van der Waals surface area contributed by atoms with Crippen LogP contribution in [0.3, 0.4) is 0 Å². The molecule has 3 aliphatic rings. The topological polar surface area (TPSA) is 43.4 Å². The molecular weight excluding hydrogens is 348 g/mol. The van der Waals surface area contributed by atoms with Crippen LogP contribution in [0.4, 0.5) is 0 Å². The Hall–Kier alpha value is -2.13. The maximum Gasteiger partial charge on any atom is 0.167 e. The Bertz CT molecular complexity index is 950. The van der Waals surface area contributed by atoms with E-state index in [2.05, 4.69) is 6.92 Å². The number of carbonyl (C=O) groups is 2. The Morgan fingerprint density at radius 2 is 1.88 bits per heavy atom. The smallest absolute Gasteiger partial charge is 0.167 e. The zero-order chi connectivity index (χ0) is 18.1. The van der Waals surface area contributed by atoms with Crippen LogP contribution in [0.2, 0.25) is 5.02 Å². The molecule has 0 spiro atoms. The molecule has 0 heterocycles. The summed E-state index contributed by atoms with van der Waals surface area (Å²) in [6.07, 6.45) is 3.11. The SMILES string of the molecule is CC12CCC(C1)C1C(=O)c3cc(Oc4ccccc4Cl)ccc3C(=O)C12. The molecule has 2 saturated carbocycles. The zero-order valence-corrected chi connectivity index (χ0v) is 15.3. The van der Waals surface area contributed by atoms with Crippen molar-refractivity contribution in [2.75, 3.05) is 0 Å². The molecule has 4 unspecified atom stereocenters. The van der Waals surface area contributed by atoms with Gasteiger partial charge in [-0.05, 0) is 60.9 Å². The summed E-state index contributed by atoms with van der Waals surface area (Å²) in [5.41, 5.74) is 1.06. The fourth-order valence-electron chi connectivity index (χ4n) is 5.47. The lowest BCUT2D eigenvalue weighted by molar-refractivity contribution is 0.0572. The fourth-order valence-corrected chi connectivity index (χ4v) is 5.64. The first-order valence-electron chi connectivity index (χ1n) is 9.13. The summed E-state index contributed by atoms with van der Waals surface area (Å²) in [5, 5.41) is 0.508. The van der Waals surface area contributed by atoms with Gasteiger partial charge < -0.3 is 4.74 Å². The minimum Gasteiger partial charge on any atom is -0.456 e. The van der Waals surface area contributed by atoms with Gasteiger partial charge in [0.05, 0.1) is 5.02 Å². The molecule has 3 nitrogen and oxygen atoms in total. The number of hydrogen-bond donors (Lipinski definition) is 0. The number of halogens is 1. The summed E-state index contributed by atoms with van der Waals surface area (Å²) in [5.74, 6) is 1.38. The van der Waals surface area contributed by atoms with Crippen molar-refractivity contribution in [2.45, 2.75) is 26.2 Å². The van der Waals surface area contributed by atoms with Gasteiger partial charge in [-0.2, -0.15) is 0 Å². The number of Topliss-reactive ketones (excluding diaryl/α,β-unsaturated/α-hetero) is 2. The highest BCUT2D eigenvalue weighted by atomic mass is 35.5. The normalized spacial score (nSPS) is 31.7. The number of rotatable bonds is 2. The van der Waals surface area contributed by atoms with Crippen LogP contribution in [0.25, 0.3) is 0 Å². The largest absolute Gasteiger partial charge is 0.456 e. The molecule has 132 valence electrons. The van der Waals surface area contributed by atoms with Crippen LogP contribution in [0.5, 0.6) is 11.5 Å². The van der Waals surface area contributed by atoms with Crippen LogP contribution < -0.4 is 4.74 Å². The molecule has 0 saturated heterocycles. The van der Waals surface area contributed by atoms with Gasteiger partial charge in [-0.1, -0.05) is 30.7 Å². The molecule has 0 radical (unpaired) electrons. The Labute approximate surface area is 157 Å². The van der Waals surface area contributed by atoms with Crippen molar-refractivity contribution in [3.8, 4) is 11.5 Å². The van der Waals surface area contributed by atoms with Crippen LogP contribution in [-0.2, 0) is 0 Å². The molecule has 0 amide bonds. The van der Waals surface area contributed by atoms with Crippen molar-refractivity contribution in [3.05, 3.63) is 58.6 Å². The lowest BCUT2D eigenvalue weighted by Crippen LogP contribution is -2.43. The quantitative estimate of drug-likeness (QED) is 0.698. The average molecular weight is 367 g/mol. The van der Waals surface area contributed by atoms with Crippen LogP contribution >= 0.6 is 11.6 Å². The molecular formula is C22H19ClO3. The third kappa shape index (κ3) is 2.13. The van der Waals surface area contributed by atoms with E-state index in [1.807, 2.05) is 12.1 Å². The molecule has 26 heavy (non-hydrogen) atoms. The summed E-state index contributed by atoms with van der Waals surface area (Å²) in [7, 11) is 0. The van der Waals surface area contributed by atoms with Crippen LogP contribution in [0.1, 0.15) is 46.9 Å². The summed E-state index contributed by atoms with van der Waals surface area (Å²) < 4.78 is 5.86. The number of fused-ring (bicyclic) bond motifs is 6. The summed E-state index contributed by atoms with van der Waals surface area (Å²) >= 11 is 6.15.